The molecule has 1 aliphatic rings. The van der Waals surface area contributed by atoms with Crippen LogP contribution >= 0.6 is 0 Å². The van der Waals surface area contributed by atoms with Crippen molar-refractivity contribution in [1.82, 2.24) is 4.90 Å². The molecule has 2 atom stereocenters. The molecule has 1 aliphatic heterocycles. The molecule has 0 unspecified atom stereocenters. The van der Waals surface area contributed by atoms with E-state index in [-0.39, 0.29) is 24.0 Å². The number of nitrogens with zero attached hydrogens (tertiary/aromatic N) is 1. The topological polar surface area (TPSA) is 46.6 Å². The summed E-state index contributed by atoms with van der Waals surface area (Å²) in [4.78, 5) is 26.0. The van der Waals surface area contributed by atoms with Gasteiger partial charge in [-0.3, -0.25) is 4.79 Å². The zero-order valence-corrected chi connectivity index (χ0v) is 13.5. The van der Waals surface area contributed by atoms with Crippen LogP contribution in [0.1, 0.15) is 47.6 Å². The number of hydrogen-bond acceptors (Lipinski definition) is 3. The second kappa shape index (κ2) is 7.77. The minimum absolute atomic E-state index is 0.00546. The van der Waals surface area contributed by atoms with Crippen molar-refractivity contribution in [3.63, 3.8) is 0 Å². The smallest absolute Gasteiger partial charge is 0.337 e. The van der Waals surface area contributed by atoms with Gasteiger partial charge in [-0.1, -0.05) is 24.3 Å². The molecule has 4 heteroatoms. The van der Waals surface area contributed by atoms with Crippen molar-refractivity contribution < 1.29 is 14.3 Å². The van der Waals surface area contributed by atoms with Crippen LogP contribution in [-0.4, -0.2) is 29.9 Å². The number of carbonyl (C=O) groups is 2. The van der Waals surface area contributed by atoms with Crippen molar-refractivity contribution in [2.45, 2.75) is 37.8 Å². The number of benzene rings is 1. The number of esters is 1. The lowest BCUT2D eigenvalue weighted by molar-refractivity contribution is -0.136. The Morgan fingerprint density at radius 2 is 1.96 bits per heavy atom. The Kier molecular flexibility index (Phi) is 5.74. The lowest BCUT2D eigenvalue weighted by Crippen LogP contribution is -2.44. The molecule has 0 aliphatic carbocycles. The van der Waals surface area contributed by atoms with E-state index in [0.717, 1.165) is 24.8 Å². The number of hydrogen-bond donors (Lipinski definition) is 0. The van der Waals surface area contributed by atoms with Gasteiger partial charge in [-0.05, 0) is 37.0 Å². The van der Waals surface area contributed by atoms with Gasteiger partial charge < -0.3 is 9.64 Å². The molecule has 4 nitrogen and oxygen atoms in total. The zero-order chi connectivity index (χ0) is 16.8. The Hall–Kier alpha value is -2.36. The Morgan fingerprint density at radius 3 is 2.52 bits per heavy atom. The molecule has 0 saturated carbocycles. The molecular formula is C19H23NO3. The first kappa shape index (κ1) is 17.0. The van der Waals surface area contributed by atoms with E-state index in [4.69, 9.17) is 4.74 Å². The van der Waals surface area contributed by atoms with Gasteiger partial charge >= 0.3 is 5.97 Å². The highest BCUT2D eigenvalue weighted by Gasteiger charge is 2.32. The predicted molar refractivity (Wildman–Crippen MR) is 90.0 cm³/mol. The number of methoxy groups -OCH3 is 1. The summed E-state index contributed by atoms with van der Waals surface area (Å²) in [6, 6.07) is 7.34. The molecule has 0 spiro atoms. The maximum atomic E-state index is 12.5. The Balaban J connectivity index is 2.29. The summed E-state index contributed by atoms with van der Waals surface area (Å²) in [7, 11) is 1.36. The van der Waals surface area contributed by atoms with Crippen LogP contribution in [0.2, 0.25) is 0 Å². The van der Waals surface area contributed by atoms with Crippen LogP contribution in [0.4, 0.5) is 0 Å². The van der Waals surface area contributed by atoms with E-state index in [9.17, 15) is 9.59 Å². The van der Waals surface area contributed by atoms with Gasteiger partial charge in [-0.25, -0.2) is 4.79 Å². The Labute approximate surface area is 137 Å². The summed E-state index contributed by atoms with van der Waals surface area (Å²) >= 11 is 0. The molecule has 1 saturated heterocycles. The van der Waals surface area contributed by atoms with E-state index in [1.807, 2.05) is 23.1 Å². The second-order valence-electron chi connectivity index (χ2n) is 5.66. The standard InChI is InChI=1S/C19H23NO3/c1-4-7-18(21)20-16(5-2)8-6-9-17(20)14-10-12-15(13-11-14)19(22)23-3/h4-5,10-13,16-17H,1-2,6-9H2,3H3/t16-,17-/m1/s1. The molecule has 1 aromatic rings. The molecule has 1 fully saturated rings. The van der Waals surface area contributed by atoms with Crippen LogP contribution in [0.15, 0.2) is 49.6 Å². The highest BCUT2D eigenvalue weighted by Crippen LogP contribution is 2.35. The van der Waals surface area contributed by atoms with Crippen molar-refractivity contribution in [3.8, 4) is 0 Å². The maximum Gasteiger partial charge on any atom is 0.337 e. The third-order valence-electron chi connectivity index (χ3n) is 4.27. The molecule has 0 radical (unpaired) electrons. The van der Waals surface area contributed by atoms with Crippen LogP contribution in [0, 0.1) is 0 Å². The molecule has 0 N–H and O–H groups in total. The molecule has 1 heterocycles. The second-order valence-corrected chi connectivity index (χ2v) is 5.66. The van der Waals surface area contributed by atoms with Gasteiger partial charge in [-0.2, -0.15) is 0 Å². The van der Waals surface area contributed by atoms with Crippen LogP contribution in [0.25, 0.3) is 0 Å². The van der Waals surface area contributed by atoms with Gasteiger partial charge in [0.25, 0.3) is 0 Å². The minimum atomic E-state index is -0.358. The van der Waals surface area contributed by atoms with Gasteiger partial charge in [0, 0.05) is 6.42 Å². The molecule has 1 amide bonds. The fourth-order valence-corrected chi connectivity index (χ4v) is 3.14. The van der Waals surface area contributed by atoms with E-state index >= 15 is 0 Å². The fraction of sp³-hybridized carbons (Fsp3) is 0.368. The quantitative estimate of drug-likeness (QED) is 0.615. The van der Waals surface area contributed by atoms with Crippen LogP contribution in [0.3, 0.4) is 0 Å². The first-order valence-corrected chi connectivity index (χ1v) is 7.85. The highest BCUT2D eigenvalue weighted by molar-refractivity contribution is 5.89. The molecule has 0 bridgehead atoms. The largest absolute Gasteiger partial charge is 0.465 e. The lowest BCUT2D eigenvalue weighted by atomic mass is 9.90. The van der Waals surface area contributed by atoms with Gasteiger partial charge in [0.15, 0.2) is 0 Å². The summed E-state index contributed by atoms with van der Waals surface area (Å²) in [6.07, 6.45) is 6.68. The van der Waals surface area contributed by atoms with Gasteiger partial charge in [-0.15, -0.1) is 13.2 Å². The summed E-state index contributed by atoms with van der Waals surface area (Å²) in [5.74, 6) is -0.296. The SMILES string of the molecule is C=CCC(=O)N1[C@H](C=C)CCC[C@@H]1c1ccc(C(=O)OC)cc1. The Morgan fingerprint density at radius 1 is 1.26 bits per heavy atom. The van der Waals surface area contributed by atoms with E-state index in [1.165, 1.54) is 7.11 Å². The minimum Gasteiger partial charge on any atom is -0.465 e. The fourth-order valence-electron chi connectivity index (χ4n) is 3.14. The van der Waals surface area contributed by atoms with Crippen molar-refractivity contribution in [1.29, 1.82) is 0 Å². The monoisotopic (exact) mass is 313 g/mol. The first-order valence-electron chi connectivity index (χ1n) is 7.85. The van der Waals surface area contributed by atoms with Gasteiger partial charge in [0.2, 0.25) is 5.91 Å². The van der Waals surface area contributed by atoms with Crippen LogP contribution in [-0.2, 0) is 9.53 Å². The number of rotatable bonds is 5. The predicted octanol–water partition coefficient (Wildman–Crippen LogP) is 3.66. The number of piperidine rings is 1. The van der Waals surface area contributed by atoms with E-state index < -0.39 is 0 Å². The van der Waals surface area contributed by atoms with Gasteiger partial charge in [0.05, 0.1) is 24.8 Å². The van der Waals surface area contributed by atoms with Gasteiger partial charge in [0.1, 0.15) is 0 Å². The van der Waals surface area contributed by atoms with E-state index in [0.29, 0.717) is 12.0 Å². The highest BCUT2D eigenvalue weighted by atomic mass is 16.5. The average molecular weight is 313 g/mol. The summed E-state index contributed by atoms with van der Waals surface area (Å²) in [6.45, 7) is 7.53. The lowest BCUT2D eigenvalue weighted by Gasteiger charge is -2.41. The molecule has 2 rings (SSSR count). The van der Waals surface area contributed by atoms with Crippen molar-refractivity contribution in [3.05, 3.63) is 60.7 Å². The maximum absolute atomic E-state index is 12.5. The molecule has 0 aromatic heterocycles. The van der Waals surface area contributed by atoms with Crippen molar-refractivity contribution >= 4 is 11.9 Å². The van der Waals surface area contributed by atoms with E-state index in [2.05, 4.69) is 13.2 Å². The molecular weight excluding hydrogens is 290 g/mol. The number of amides is 1. The number of ether oxygens (including phenoxy) is 1. The van der Waals surface area contributed by atoms with Crippen LogP contribution in [0.5, 0.6) is 0 Å². The first-order chi connectivity index (χ1) is 11.1. The normalized spacial score (nSPS) is 20.7. The average Bonchev–Trinajstić information content (AvgIpc) is 2.60. The summed E-state index contributed by atoms with van der Waals surface area (Å²) in [5, 5.41) is 0. The summed E-state index contributed by atoms with van der Waals surface area (Å²) < 4.78 is 4.72. The van der Waals surface area contributed by atoms with Crippen molar-refractivity contribution in [2.75, 3.05) is 7.11 Å². The molecule has 122 valence electrons. The van der Waals surface area contributed by atoms with Crippen molar-refractivity contribution in [2.24, 2.45) is 0 Å². The number of carbonyl (C=O) groups excluding carboxylic acids is 2. The Bertz CT molecular complexity index is 591. The van der Waals surface area contributed by atoms with Crippen LogP contribution < -0.4 is 0 Å². The summed E-state index contributed by atoms with van der Waals surface area (Å²) in [5.41, 5.74) is 1.54. The third kappa shape index (κ3) is 3.70. The molecule has 23 heavy (non-hydrogen) atoms. The third-order valence-corrected chi connectivity index (χ3v) is 4.27. The van der Waals surface area contributed by atoms with E-state index in [1.54, 1.807) is 18.2 Å². The molecule has 1 aromatic carbocycles. The number of likely N-dealkylation sites (tertiary alicyclic amines) is 1. The zero-order valence-electron chi connectivity index (χ0n) is 13.5.